The van der Waals surface area contributed by atoms with Crippen molar-refractivity contribution in [1.29, 1.82) is 0 Å². The van der Waals surface area contributed by atoms with Gasteiger partial charge in [0.2, 0.25) is 0 Å². The number of rotatable bonds is 2. The lowest BCUT2D eigenvalue weighted by atomic mass is 10.1. The third-order valence-corrected chi connectivity index (χ3v) is 3.85. The highest BCUT2D eigenvalue weighted by molar-refractivity contribution is 5.81. The van der Waals surface area contributed by atoms with Gasteiger partial charge in [-0.1, -0.05) is 37.3 Å². The van der Waals surface area contributed by atoms with Crippen LogP contribution in [0.1, 0.15) is 23.9 Å². The molecule has 2 aromatic carbocycles. The van der Waals surface area contributed by atoms with Crippen LogP contribution >= 0.6 is 0 Å². The van der Waals surface area contributed by atoms with Crippen molar-refractivity contribution >= 4 is 10.9 Å². The molecular weight excluding hydrogens is 260 g/mol. The molecule has 3 nitrogen and oxygen atoms in total. The van der Waals surface area contributed by atoms with Gasteiger partial charge in [-0.3, -0.25) is 9.36 Å². The molecular formula is C18H18N2O. The smallest absolute Gasteiger partial charge is 0.266 e. The molecule has 0 aliphatic rings. The third-order valence-electron chi connectivity index (χ3n) is 3.85. The molecule has 3 heteroatoms. The van der Waals surface area contributed by atoms with Crippen LogP contribution in [0.15, 0.2) is 47.3 Å². The molecule has 0 atom stereocenters. The Morgan fingerprint density at radius 3 is 2.43 bits per heavy atom. The van der Waals surface area contributed by atoms with Crippen LogP contribution in [0.5, 0.6) is 0 Å². The first kappa shape index (κ1) is 13.6. The molecule has 0 radical (unpaired) electrons. The van der Waals surface area contributed by atoms with Gasteiger partial charge < -0.3 is 0 Å². The molecule has 0 unspecified atom stereocenters. The molecule has 0 fully saturated rings. The van der Waals surface area contributed by atoms with Crippen LogP contribution in [-0.2, 0) is 6.42 Å². The van der Waals surface area contributed by atoms with Gasteiger partial charge in [-0.25, -0.2) is 4.98 Å². The summed E-state index contributed by atoms with van der Waals surface area (Å²) < 4.78 is 1.75. The Kier molecular flexibility index (Phi) is 3.34. The van der Waals surface area contributed by atoms with Crippen molar-refractivity contribution < 1.29 is 0 Å². The molecule has 0 aliphatic carbocycles. The number of nitrogens with zero attached hydrogens (tertiary/aromatic N) is 2. The number of para-hydroxylation sites is 1. The van der Waals surface area contributed by atoms with Gasteiger partial charge in [-0.15, -0.1) is 0 Å². The van der Waals surface area contributed by atoms with E-state index >= 15 is 0 Å². The van der Waals surface area contributed by atoms with Crippen LogP contribution in [0.4, 0.5) is 0 Å². The molecule has 1 heterocycles. The van der Waals surface area contributed by atoms with Crippen molar-refractivity contribution in [3.63, 3.8) is 0 Å². The van der Waals surface area contributed by atoms with Crippen molar-refractivity contribution in [3.05, 3.63) is 69.8 Å². The summed E-state index contributed by atoms with van der Waals surface area (Å²) in [7, 11) is 0. The SMILES string of the molecule is CCc1nc2cccc(C)c2c(=O)n1-c1ccccc1C. The number of fused-ring (bicyclic) bond motifs is 1. The van der Waals surface area contributed by atoms with Crippen LogP contribution in [0.3, 0.4) is 0 Å². The predicted molar refractivity (Wildman–Crippen MR) is 86.2 cm³/mol. The second-order valence-corrected chi connectivity index (χ2v) is 5.28. The maximum absolute atomic E-state index is 13.0. The molecule has 1 aromatic heterocycles. The van der Waals surface area contributed by atoms with Gasteiger partial charge in [0.15, 0.2) is 0 Å². The number of hydrogen-bond acceptors (Lipinski definition) is 2. The maximum atomic E-state index is 13.0. The van der Waals surface area contributed by atoms with E-state index in [4.69, 9.17) is 4.98 Å². The Morgan fingerprint density at radius 2 is 1.71 bits per heavy atom. The zero-order chi connectivity index (χ0) is 15.0. The van der Waals surface area contributed by atoms with Crippen molar-refractivity contribution in [2.24, 2.45) is 0 Å². The monoisotopic (exact) mass is 278 g/mol. The summed E-state index contributed by atoms with van der Waals surface area (Å²) in [5.41, 5.74) is 3.75. The lowest BCUT2D eigenvalue weighted by Gasteiger charge is -2.15. The normalized spacial score (nSPS) is 11.0. The van der Waals surface area contributed by atoms with E-state index in [1.807, 2.05) is 63.2 Å². The van der Waals surface area contributed by atoms with Crippen molar-refractivity contribution in [1.82, 2.24) is 9.55 Å². The van der Waals surface area contributed by atoms with Crippen LogP contribution in [0, 0.1) is 13.8 Å². The highest BCUT2D eigenvalue weighted by Crippen LogP contribution is 2.18. The standard InChI is InChI=1S/C18H18N2O/c1-4-16-19-14-10-7-9-13(3)17(14)18(21)20(16)15-11-6-5-8-12(15)2/h5-11H,4H2,1-3H3. The third kappa shape index (κ3) is 2.15. The number of aryl methyl sites for hydroxylation is 3. The largest absolute Gasteiger partial charge is 0.268 e. The second kappa shape index (κ2) is 5.17. The van der Waals surface area contributed by atoms with E-state index < -0.39 is 0 Å². The van der Waals surface area contributed by atoms with Gasteiger partial charge in [0, 0.05) is 6.42 Å². The zero-order valence-corrected chi connectivity index (χ0v) is 12.6. The van der Waals surface area contributed by atoms with Crippen molar-refractivity contribution in [3.8, 4) is 5.69 Å². The summed E-state index contributed by atoms with van der Waals surface area (Å²) in [5, 5.41) is 0.706. The molecule has 0 saturated carbocycles. The number of aromatic nitrogens is 2. The summed E-state index contributed by atoms with van der Waals surface area (Å²) in [4.78, 5) is 17.7. The maximum Gasteiger partial charge on any atom is 0.266 e. The van der Waals surface area contributed by atoms with Crippen LogP contribution < -0.4 is 5.56 Å². The lowest BCUT2D eigenvalue weighted by molar-refractivity contribution is 0.828. The van der Waals surface area contributed by atoms with Crippen molar-refractivity contribution in [2.45, 2.75) is 27.2 Å². The number of benzene rings is 2. The van der Waals surface area contributed by atoms with E-state index in [0.29, 0.717) is 11.8 Å². The van der Waals surface area contributed by atoms with Crippen LogP contribution in [-0.4, -0.2) is 9.55 Å². The minimum absolute atomic E-state index is 0.0178. The van der Waals surface area contributed by atoms with Gasteiger partial charge in [0.05, 0.1) is 16.6 Å². The van der Waals surface area contributed by atoms with Crippen molar-refractivity contribution in [2.75, 3.05) is 0 Å². The minimum atomic E-state index is 0.0178. The highest BCUT2D eigenvalue weighted by Gasteiger charge is 2.13. The van der Waals surface area contributed by atoms with E-state index in [2.05, 4.69) is 0 Å². The fourth-order valence-electron chi connectivity index (χ4n) is 2.74. The Balaban J connectivity index is 2.48. The summed E-state index contributed by atoms with van der Waals surface area (Å²) in [5.74, 6) is 0.799. The first-order chi connectivity index (χ1) is 10.1. The fourth-order valence-corrected chi connectivity index (χ4v) is 2.74. The van der Waals surface area contributed by atoms with E-state index in [1.54, 1.807) is 4.57 Å². The average molecular weight is 278 g/mol. The van der Waals surface area contributed by atoms with Crippen LogP contribution in [0.25, 0.3) is 16.6 Å². The molecule has 0 saturated heterocycles. The molecule has 0 N–H and O–H groups in total. The van der Waals surface area contributed by atoms with E-state index in [-0.39, 0.29) is 5.56 Å². The first-order valence-corrected chi connectivity index (χ1v) is 7.20. The second-order valence-electron chi connectivity index (χ2n) is 5.28. The number of hydrogen-bond donors (Lipinski definition) is 0. The predicted octanol–water partition coefficient (Wildman–Crippen LogP) is 3.56. The van der Waals surface area contributed by atoms with Crippen LogP contribution in [0.2, 0.25) is 0 Å². The summed E-state index contributed by atoms with van der Waals surface area (Å²) in [6, 6.07) is 13.7. The summed E-state index contributed by atoms with van der Waals surface area (Å²) in [6.07, 6.45) is 0.716. The molecule has 3 aromatic rings. The van der Waals surface area contributed by atoms with Gasteiger partial charge in [-0.05, 0) is 37.1 Å². The molecule has 0 spiro atoms. The topological polar surface area (TPSA) is 34.9 Å². The molecule has 3 rings (SSSR count). The van der Waals surface area contributed by atoms with Gasteiger partial charge in [0.25, 0.3) is 5.56 Å². The van der Waals surface area contributed by atoms with Gasteiger partial charge >= 0.3 is 0 Å². The fraction of sp³-hybridized carbons (Fsp3) is 0.222. The van der Waals surface area contributed by atoms with E-state index in [9.17, 15) is 4.79 Å². The summed E-state index contributed by atoms with van der Waals surface area (Å²) >= 11 is 0. The van der Waals surface area contributed by atoms with Gasteiger partial charge in [0.1, 0.15) is 5.82 Å². The molecule has 0 bridgehead atoms. The molecule has 0 amide bonds. The Labute approximate surface area is 123 Å². The van der Waals surface area contributed by atoms with E-state index in [1.165, 1.54) is 0 Å². The van der Waals surface area contributed by atoms with Gasteiger partial charge in [-0.2, -0.15) is 0 Å². The average Bonchev–Trinajstić information content (AvgIpc) is 2.48. The Bertz CT molecular complexity index is 878. The Hall–Kier alpha value is -2.42. The van der Waals surface area contributed by atoms with E-state index in [0.717, 1.165) is 28.2 Å². The lowest BCUT2D eigenvalue weighted by Crippen LogP contribution is -2.24. The molecule has 106 valence electrons. The molecule has 21 heavy (non-hydrogen) atoms. The Morgan fingerprint density at radius 1 is 1.00 bits per heavy atom. The minimum Gasteiger partial charge on any atom is -0.268 e. The molecule has 0 aliphatic heterocycles. The summed E-state index contributed by atoms with van der Waals surface area (Å²) in [6.45, 7) is 6.00. The quantitative estimate of drug-likeness (QED) is 0.718. The highest BCUT2D eigenvalue weighted by atomic mass is 16.1. The first-order valence-electron chi connectivity index (χ1n) is 7.20. The zero-order valence-electron chi connectivity index (χ0n) is 12.6.